The Kier molecular flexibility index (Phi) is 39.0. The molecule has 94 heavy (non-hydrogen) atoms. The van der Waals surface area contributed by atoms with Gasteiger partial charge in [0.25, 0.3) is 0 Å². The van der Waals surface area contributed by atoms with Gasteiger partial charge in [-0.3, -0.25) is 0 Å². The topological polar surface area (TPSA) is 0 Å². The van der Waals surface area contributed by atoms with E-state index in [1.807, 2.05) is 0 Å². The van der Waals surface area contributed by atoms with Crippen LogP contribution in [0.25, 0.3) is 0 Å². The highest BCUT2D eigenvalue weighted by Crippen LogP contribution is 2.43. The fraction of sp³-hybridized carbons (Fsp3) is 0.932. The van der Waals surface area contributed by atoms with E-state index in [0.717, 1.165) is 131 Å². The summed E-state index contributed by atoms with van der Waals surface area (Å²) in [5, 5.41) is 0. The minimum absolute atomic E-state index is 0. The lowest BCUT2D eigenvalue weighted by atomic mass is 9.81. The monoisotopic (exact) mass is 1320 g/mol. The summed E-state index contributed by atoms with van der Waals surface area (Å²) in [7, 11) is 0. The molecule has 0 radical (unpaired) electrons. The zero-order valence-corrected chi connectivity index (χ0v) is 70.3. The van der Waals surface area contributed by atoms with E-state index in [2.05, 4.69) is 152 Å². The Morgan fingerprint density at radius 1 is 0.191 bits per heavy atom. The van der Waals surface area contributed by atoms with Crippen molar-refractivity contribution in [2.24, 2.45) is 107 Å². The van der Waals surface area contributed by atoms with Crippen molar-refractivity contribution in [3.05, 3.63) is 44.6 Å². The molecule has 12 aliphatic rings. The molecule has 6 heteroatoms. The average molecular weight is 1320 g/mol. The van der Waals surface area contributed by atoms with Gasteiger partial charge in [-0.1, -0.05) is 125 Å². The van der Waals surface area contributed by atoms with E-state index in [-0.39, 0.29) is 44.6 Å². The molecular weight excluding hydrogens is 1140 g/mol. The summed E-state index contributed by atoms with van der Waals surface area (Å²) in [4.78, 5) is 0. The van der Waals surface area contributed by atoms with Gasteiger partial charge in [-0.25, -0.2) is 0 Å². The van der Waals surface area contributed by atoms with Gasteiger partial charge in [0, 0.05) is 137 Å². The molecule has 12 saturated heterocycles. The average Bonchev–Trinajstić information content (AvgIpc) is 1.74. The minimum Gasteiger partial charge on any atom is -0.358 e. The van der Waals surface area contributed by atoms with Crippen LogP contribution < -0.4 is 0 Å². The summed E-state index contributed by atoms with van der Waals surface area (Å²) >= 11 is 0. The largest absolute Gasteiger partial charge is 0.358 e. The lowest BCUT2D eigenvalue weighted by molar-refractivity contribution is -0.943. The quantitative estimate of drug-likeness (QED) is 0.168. The lowest BCUT2D eigenvalue weighted by Gasteiger charge is -2.42. The van der Waals surface area contributed by atoms with E-state index in [9.17, 15) is 0 Å². The number of hydrogen-bond acceptors (Lipinski definition) is 0. The van der Waals surface area contributed by atoms with Crippen molar-refractivity contribution >= 4 is 0 Å². The lowest BCUT2D eigenvalue weighted by Crippen LogP contribution is -2.55. The first-order chi connectivity index (χ1) is 41.5. The highest BCUT2D eigenvalue weighted by molar-refractivity contribution is 4.83. The Bertz CT molecular complexity index is 1960. The van der Waals surface area contributed by atoms with Gasteiger partial charge < -0.3 is 71.5 Å². The molecule has 6 spiro atoms. The highest BCUT2D eigenvalue weighted by Gasteiger charge is 2.49. The second-order valence-electron chi connectivity index (χ2n) is 37.9. The highest BCUT2D eigenvalue weighted by atomic mass is 15.4. The third-order valence-corrected chi connectivity index (χ3v) is 32.0. The van der Waals surface area contributed by atoms with Gasteiger partial charge in [0.05, 0.1) is 155 Å². The van der Waals surface area contributed by atoms with Gasteiger partial charge in [0.2, 0.25) is 0 Å². The first-order valence-corrected chi connectivity index (χ1v) is 40.6. The molecule has 6 nitrogen and oxygen atoms in total. The Hall–Kier alpha value is -0.240. The second kappa shape index (κ2) is 40.0. The van der Waals surface area contributed by atoms with Crippen LogP contribution in [0.5, 0.6) is 0 Å². The number of nitrogens with zero attached hydrogens (tertiary/aromatic N) is 6. The molecule has 0 bridgehead atoms. The fourth-order valence-electron chi connectivity index (χ4n) is 23.7. The molecule has 12 heterocycles. The maximum absolute atomic E-state index is 2.52. The maximum Gasteiger partial charge on any atom is 0.0890 e. The molecular formula is C88H182N6. The van der Waals surface area contributed by atoms with Crippen LogP contribution in [-0.2, 0) is 0 Å². The third-order valence-electron chi connectivity index (χ3n) is 32.0. The number of rotatable bonds is 0. The van der Waals surface area contributed by atoms with E-state index in [4.69, 9.17) is 0 Å². The zero-order valence-electron chi connectivity index (χ0n) is 70.3. The van der Waals surface area contributed by atoms with Crippen molar-refractivity contribution in [2.45, 2.75) is 292 Å². The Morgan fingerprint density at radius 2 is 0.532 bits per heavy atom. The smallest absolute Gasteiger partial charge is 0.0890 e. The molecule has 564 valence electrons. The molecule has 12 aliphatic heterocycles. The van der Waals surface area contributed by atoms with E-state index in [1.165, 1.54) is 273 Å². The van der Waals surface area contributed by atoms with E-state index in [0.29, 0.717) is 0 Å². The Labute approximate surface area is 597 Å². The molecule has 0 amide bonds. The standard InChI is InChI=1S/4C14H28N.2C13H26N.6CH3/c1-11-7-10-15(8-5-6-9-15)14(4)13(3)12(11)2;1-11-9-13(3)15(7-5-6-8-15)10-12(2)14(11)4;1-11-9-12(2)14(4)15(10-13(11)3)7-5-6-8-15;1-11-9-12(2)13(3)14(4)15(10-11)7-5-6-8-15;1-11-6-9-14(7-4-5-8-14)10-12(2)13(11)3;1-11-8-12(2)13(3)10-14(9-11)6-4-5-7-14;;;;;;/h4*11-14H,5-10H2,1-4H3;2*11-13H,4-10H2,1-3H3;6*1H3/q6*+1;6*-1. The Morgan fingerprint density at radius 3 is 1.05 bits per heavy atom. The van der Waals surface area contributed by atoms with Gasteiger partial charge in [-0.05, 0) is 113 Å². The summed E-state index contributed by atoms with van der Waals surface area (Å²) in [6.45, 7) is 83.8. The predicted octanol–water partition coefficient (Wildman–Crippen LogP) is 21.7. The SMILES string of the molecule is CC1CC(C)C(C)C(C)[N+]2(CCCC2)C1.CC1CC(C)C(C)C[N+]2(CCCC2)C1.CC1CC(C)C(C)[N+]2(CCCC2)CC1C.CC1CC(C)[N+]2(CCCC2)CC(C)C1C.CC1CC[N+]2(CCCC2)C(C)C(C)C1C.CC1CC[N+]2(CCCC2)CC(C)C1C.[CH3-].[CH3-].[CH3-].[CH3-].[CH3-].[CH3-]. The molecule has 22 atom stereocenters. The fourth-order valence-corrected chi connectivity index (χ4v) is 23.7. The molecule has 22 unspecified atom stereocenters. The molecule has 0 saturated carbocycles. The minimum atomic E-state index is 0. The van der Waals surface area contributed by atoms with Crippen molar-refractivity contribution in [1.29, 1.82) is 0 Å². The molecule has 12 rings (SSSR count). The van der Waals surface area contributed by atoms with Crippen LogP contribution in [-0.4, -0.2) is 182 Å². The van der Waals surface area contributed by atoms with Gasteiger partial charge >= 0.3 is 0 Å². The van der Waals surface area contributed by atoms with Crippen LogP contribution in [0.15, 0.2) is 0 Å². The van der Waals surface area contributed by atoms with Crippen molar-refractivity contribution < 1.29 is 26.9 Å². The van der Waals surface area contributed by atoms with Crippen LogP contribution in [0.2, 0.25) is 0 Å². The normalized spacial score (nSPS) is 41.8. The summed E-state index contributed by atoms with van der Waals surface area (Å²) in [5.74, 6) is 16.7. The molecule has 0 aromatic carbocycles. The van der Waals surface area contributed by atoms with Crippen LogP contribution in [0, 0.1) is 151 Å². The van der Waals surface area contributed by atoms with Gasteiger partial charge in [0.1, 0.15) is 0 Å². The van der Waals surface area contributed by atoms with Gasteiger partial charge in [-0.15, -0.1) is 0 Å². The summed E-state index contributed by atoms with van der Waals surface area (Å²) < 4.78 is 8.74. The molecule has 0 aromatic heterocycles. The Balaban J connectivity index is 0.000000557. The van der Waals surface area contributed by atoms with Crippen LogP contribution in [0.4, 0.5) is 0 Å². The first-order valence-electron chi connectivity index (χ1n) is 40.6. The zero-order chi connectivity index (χ0) is 64.6. The van der Waals surface area contributed by atoms with Gasteiger partial charge in [-0.2, -0.15) is 0 Å². The van der Waals surface area contributed by atoms with E-state index < -0.39 is 0 Å². The van der Waals surface area contributed by atoms with E-state index in [1.54, 1.807) is 0 Å². The number of quaternary nitrogens is 6. The summed E-state index contributed by atoms with van der Waals surface area (Å²) in [6.07, 6.45) is 26.4. The molecule has 0 aromatic rings. The second-order valence-corrected chi connectivity index (χ2v) is 37.9. The molecule has 12 fully saturated rings. The number of hydrogen-bond donors (Lipinski definition) is 0. The van der Waals surface area contributed by atoms with E-state index >= 15 is 0 Å². The van der Waals surface area contributed by atoms with Gasteiger partial charge in [0.15, 0.2) is 0 Å². The molecule has 0 aliphatic carbocycles. The first kappa shape index (κ1) is 91.8. The molecule has 0 N–H and O–H groups in total. The van der Waals surface area contributed by atoms with Crippen molar-refractivity contribution in [1.82, 2.24) is 0 Å². The summed E-state index contributed by atoms with van der Waals surface area (Å²) in [5.41, 5.74) is 0. The van der Waals surface area contributed by atoms with Crippen molar-refractivity contribution in [3.8, 4) is 0 Å². The predicted molar refractivity (Wildman–Crippen MR) is 423 cm³/mol. The maximum atomic E-state index is 2.52. The van der Waals surface area contributed by atoms with Crippen LogP contribution in [0.1, 0.15) is 268 Å². The van der Waals surface area contributed by atoms with Crippen molar-refractivity contribution in [3.63, 3.8) is 0 Å². The van der Waals surface area contributed by atoms with Crippen molar-refractivity contribution in [2.75, 3.05) is 131 Å². The van der Waals surface area contributed by atoms with Crippen LogP contribution in [0.3, 0.4) is 0 Å². The summed E-state index contributed by atoms with van der Waals surface area (Å²) in [6, 6.07) is 3.61. The third kappa shape index (κ3) is 22.4. The van der Waals surface area contributed by atoms with Crippen LogP contribution >= 0.6 is 0 Å².